The molecule has 2 aliphatic rings. The van der Waals surface area contributed by atoms with Crippen molar-refractivity contribution in [2.24, 2.45) is 11.3 Å². The third-order valence-electron chi connectivity index (χ3n) is 4.60. The van der Waals surface area contributed by atoms with E-state index in [0.717, 1.165) is 6.42 Å². The number of nitrogens with one attached hydrogen (secondary N) is 1. The minimum atomic E-state index is 0.255. The van der Waals surface area contributed by atoms with Gasteiger partial charge in [0.25, 0.3) is 0 Å². The lowest BCUT2D eigenvalue weighted by Gasteiger charge is -2.35. The Morgan fingerprint density at radius 2 is 1.88 bits per heavy atom. The van der Waals surface area contributed by atoms with Gasteiger partial charge in [-0.15, -0.1) is 0 Å². The van der Waals surface area contributed by atoms with Gasteiger partial charge < -0.3 is 5.32 Å². The van der Waals surface area contributed by atoms with Crippen LogP contribution in [0, 0.1) is 22.7 Å². The van der Waals surface area contributed by atoms with Crippen LogP contribution >= 0.6 is 0 Å². The van der Waals surface area contributed by atoms with Crippen molar-refractivity contribution >= 4 is 0 Å². The molecule has 16 heavy (non-hydrogen) atoms. The van der Waals surface area contributed by atoms with Crippen LogP contribution in [0.25, 0.3) is 0 Å². The average Bonchev–Trinajstić information content (AvgIpc) is 2.59. The van der Waals surface area contributed by atoms with Gasteiger partial charge in [0.1, 0.15) is 0 Å². The van der Waals surface area contributed by atoms with E-state index in [1.165, 1.54) is 38.5 Å². The van der Waals surface area contributed by atoms with E-state index in [9.17, 15) is 5.26 Å². The number of nitrogens with zero attached hydrogens (tertiary/aromatic N) is 1. The predicted octanol–water partition coefficient (Wildman–Crippen LogP) is 3.24. The Labute approximate surface area is 99.4 Å². The quantitative estimate of drug-likeness (QED) is 0.775. The Bertz CT molecular complexity index is 277. The monoisotopic (exact) mass is 220 g/mol. The van der Waals surface area contributed by atoms with Gasteiger partial charge in [-0.3, -0.25) is 0 Å². The molecule has 2 fully saturated rings. The highest BCUT2D eigenvalue weighted by molar-refractivity contribution is 4.99. The van der Waals surface area contributed by atoms with Gasteiger partial charge in [0, 0.05) is 12.1 Å². The van der Waals surface area contributed by atoms with Crippen LogP contribution in [0.4, 0.5) is 0 Å². The van der Waals surface area contributed by atoms with Crippen LogP contribution in [-0.2, 0) is 0 Å². The van der Waals surface area contributed by atoms with Gasteiger partial charge in [-0.2, -0.15) is 5.26 Å². The van der Waals surface area contributed by atoms with Crippen molar-refractivity contribution in [1.82, 2.24) is 5.32 Å². The fourth-order valence-corrected chi connectivity index (χ4v) is 3.38. The van der Waals surface area contributed by atoms with Crippen LogP contribution in [0.5, 0.6) is 0 Å². The van der Waals surface area contributed by atoms with Gasteiger partial charge in [0.05, 0.1) is 12.0 Å². The second kappa shape index (κ2) is 4.75. The zero-order valence-corrected chi connectivity index (χ0v) is 10.6. The van der Waals surface area contributed by atoms with E-state index < -0.39 is 0 Å². The van der Waals surface area contributed by atoms with Crippen molar-refractivity contribution < 1.29 is 0 Å². The van der Waals surface area contributed by atoms with Crippen LogP contribution in [0.15, 0.2) is 0 Å². The lowest BCUT2D eigenvalue weighted by molar-refractivity contribution is 0.216. The van der Waals surface area contributed by atoms with E-state index >= 15 is 0 Å². The highest BCUT2D eigenvalue weighted by Gasteiger charge is 2.37. The summed E-state index contributed by atoms with van der Waals surface area (Å²) in [5.74, 6) is 0.255. The Hall–Kier alpha value is -0.550. The molecular formula is C14H24N2. The Kier molecular flexibility index (Phi) is 3.54. The van der Waals surface area contributed by atoms with Crippen LogP contribution in [0.3, 0.4) is 0 Å². The molecule has 0 aliphatic heterocycles. The van der Waals surface area contributed by atoms with Crippen molar-refractivity contribution in [3.8, 4) is 6.07 Å². The van der Waals surface area contributed by atoms with E-state index in [1.54, 1.807) is 0 Å². The number of hydrogen-bond acceptors (Lipinski definition) is 2. The van der Waals surface area contributed by atoms with E-state index in [1.807, 2.05) is 0 Å². The molecule has 0 saturated heterocycles. The van der Waals surface area contributed by atoms with E-state index in [0.29, 0.717) is 17.5 Å². The maximum atomic E-state index is 9.18. The molecule has 0 aromatic carbocycles. The summed E-state index contributed by atoms with van der Waals surface area (Å²) in [6.45, 7) is 4.73. The molecule has 2 heteroatoms. The Morgan fingerprint density at radius 3 is 2.50 bits per heavy atom. The molecule has 90 valence electrons. The molecule has 3 unspecified atom stereocenters. The molecule has 0 heterocycles. The minimum absolute atomic E-state index is 0.255. The first-order valence-electron chi connectivity index (χ1n) is 6.79. The fourth-order valence-electron chi connectivity index (χ4n) is 3.38. The minimum Gasteiger partial charge on any atom is -0.309 e. The molecule has 0 aromatic rings. The summed E-state index contributed by atoms with van der Waals surface area (Å²) in [6, 6.07) is 3.58. The average molecular weight is 220 g/mol. The SMILES string of the molecule is CC1(C)CCCC1NC1CCCCC1C#N. The maximum Gasteiger partial charge on any atom is 0.0672 e. The standard InChI is InChI=1S/C14H24N2/c1-14(2)9-5-8-13(14)16-12-7-4-3-6-11(12)10-15/h11-13,16H,3-9H2,1-2H3. The molecule has 0 radical (unpaired) electrons. The van der Waals surface area contributed by atoms with Gasteiger partial charge >= 0.3 is 0 Å². The summed E-state index contributed by atoms with van der Waals surface area (Å²) < 4.78 is 0. The molecule has 2 saturated carbocycles. The molecule has 3 atom stereocenters. The highest BCUT2D eigenvalue weighted by atomic mass is 15.0. The molecule has 2 rings (SSSR count). The smallest absolute Gasteiger partial charge is 0.0672 e. The molecule has 0 amide bonds. The normalized spacial score (nSPS) is 38.2. The molecule has 2 nitrogen and oxygen atoms in total. The number of nitriles is 1. The Balaban J connectivity index is 1.95. The van der Waals surface area contributed by atoms with Crippen molar-refractivity contribution in [3.05, 3.63) is 0 Å². The van der Waals surface area contributed by atoms with Gasteiger partial charge in [-0.05, 0) is 31.1 Å². The van der Waals surface area contributed by atoms with Crippen molar-refractivity contribution in [2.45, 2.75) is 70.9 Å². The van der Waals surface area contributed by atoms with Gasteiger partial charge in [0.2, 0.25) is 0 Å². The van der Waals surface area contributed by atoms with Crippen LogP contribution < -0.4 is 5.32 Å². The fraction of sp³-hybridized carbons (Fsp3) is 0.929. The summed E-state index contributed by atoms with van der Waals surface area (Å²) >= 11 is 0. The molecule has 0 aromatic heterocycles. The van der Waals surface area contributed by atoms with Crippen molar-refractivity contribution in [2.75, 3.05) is 0 Å². The first-order valence-corrected chi connectivity index (χ1v) is 6.79. The van der Waals surface area contributed by atoms with Crippen LogP contribution in [-0.4, -0.2) is 12.1 Å². The molecule has 1 N–H and O–H groups in total. The molecule has 2 aliphatic carbocycles. The molecular weight excluding hydrogens is 196 g/mol. The van der Waals surface area contributed by atoms with Crippen molar-refractivity contribution in [1.29, 1.82) is 5.26 Å². The third kappa shape index (κ3) is 2.40. The van der Waals surface area contributed by atoms with Crippen LogP contribution in [0.2, 0.25) is 0 Å². The van der Waals surface area contributed by atoms with Gasteiger partial charge in [-0.1, -0.05) is 33.1 Å². The van der Waals surface area contributed by atoms with E-state index in [-0.39, 0.29) is 5.92 Å². The van der Waals surface area contributed by atoms with Gasteiger partial charge in [0.15, 0.2) is 0 Å². The Morgan fingerprint density at radius 1 is 1.12 bits per heavy atom. The second-order valence-corrected chi connectivity index (χ2v) is 6.23. The van der Waals surface area contributed by atoms with E-state index in [4.69, 9.17) is 0 Å². The highest BCUT2D eigenvalue weighted by Crippen LogP contribution is 2.38. The number of hydrogen-bond donors (Lipinski definition) is 1. The first kappa shape index (κ1) is 11.9. The molecule has 0 spiro atoms. The lowest BCUT2D eigenvalue weighted by atomic mass is 9.82. The molecule has 0 bridgehead atoms. The lowest BCUT2D eigenvalue weighted by Crippen LogP contribution is -2.47. The summed E-state index contributed by atoms with van der Waals surface area (Å²) in [6.07, 6.45) is 8.80. The summed E-state index contributed by atoms with van der Waals surface area (Å²) in [5, 5.41) is 13.0. The zero-order valence-electron chi connectivity index (χ0n) is 10.6. The van der Waals surface area contributed by atoms with Crippen molar-refractivity contribution in [3.63, 3.8) is 0 Å². The second-order valence-electron chi connectivity index (χ2n) is 6.23. The van der Waals surface area contributed by atoms with E-state index in [2.05, 4.69) is 25.2 Å². The largest absolute Gasteiger partial charge is 0.309 e. The predicted molar refractivity (Wildman–Crippen MR) is 65.9 cm³/mol. The van der Waals surface area contributed by atoms with Crippen LogP contribution in [0.1, 0.15) is 58.8 Å². The third-order valence-corrected chi connectivity index (χ3v) is 4.60. The summed E-state index contributed by atoms with van der Waals surface area (Å²) in [5.41, 5.74) is 0.428. The summed E-state index contributed by atoms with van der Waals surface area (Å²) in [7, 11) is 0. The maximum absolute atomic E-state index is 9.18. The first-order chi connectivity index (χ1) is 7.63. The number of rotatable bonds is 2. The zero-order chi connectivity index (χ0) is 11.6. The summed E-state index contributed by atoms with van der Waals surface area (Å²) in [4.78, 5) is 0. The van der Waals surface area contributed by atoms with Gasteiger partial charge in [-0.25, -0.2) is 0 Å². The topological polar surface area (TPSA) is 35.8 Å².